The molecule has 1 spiro atoms. The number of aromatic nitrogens is 3. The van der Waals surface area contributed by atoms with E-state index in [4.69, 9.17) is 33.0 Å². The van der Waals surface area contributed by atoms with Gasteiger partial charge < -0.3 is 16.4 Å². The molecule has 160 valence electrons. The molecule has 1 aromatic carbocycles. The number of pyridine rings is 1. The average molecular weight is 435 g/mol. The Balaban J connectivity index is 1.29. The van der Waals surface area contributed by atoms with E-state index >= 15 is 0 Å². The van der Waals surface area contributed by atoms with Crippen LogP contribution in [0, 0.1) is 12.3 Å². The Morgan fingerprint density at radius 2 is 1.94 bits per heavy atom. The van der Waals surface area contributed by atoms with Crippen molar-refractivity contribution >= 4 is 23.2 Å². The third kappa shape index (κ3) is 3.54. The number of nitrogens with zero attached hydrogens (tertiary/aromatic N) is 4. The second kappa shape index (κ2) is 7.77. The summed E-state index contributed by atoms with van der Waals surface area (Å²) in [5, 5.41) is 0.489. The number of fused-ring (bicyclic) bond motifs is 1. The first-order chi connectivity index (χ1) is 15.0. The second-order valence-corrected chi connectivity index (χ2v) is 9.19. The molecule has 2 aliphatic rings. The molecule has 1 atom stereocenters. The van der Waals surface area contributed by atoms with Gasteiger partial charge in [-0.3, -0.25) is 4.98 Å². The van der Waals surface area contributed by atoms with E-state index in [-0.39, 0.29) is 11.5 Å². The summed E-state index contributed by atoms with van der Waals surface area (Å²) in [5.41, 5.74) is 18.2. The number of nitrogens with two attached hydrogens (primary N) is 2. The standard InChI is InChI=1S/C24H27ClN6/c1-15-19(12-16-6-9-28-23(27)21(16)25)29-14-20(30-15)31-10-7-24(8-11-31)13-17-4-2-3-5-18(17)22(24)26/h2-6,9,14,22H,7-8,10-13,26H2,1H3,(H2,27,28)/t22-/m0/s1. The van der Waals surface area contributed by atoms with Crippen molar-refractivity contribution in [3.05, 3.63) is 75.8 Å². The minimum atomic E-state index is 0.124. The highest BCUT2D eigenvalue weighted by Crippen LogP contribution is 2.50. The van der Waals surface area contributed by atoms with Crippen LogP contribution in [-0.2, 0) is 12.8 Å². The molecule has 1 fully saturated rings. The van der Waals surface area contributed by atoms with Crippen molar-refractivity contribution in [1.82, 2.24) is 15.0 Å². The lowest BCUT2D eigenvalue weighted by Gasteiger charge is -2.42. The number of anilines is 2. The van der Waals surface area contributed by atoms with Crippen LogP contribution in [0.1, 0.15) is 47.0 Å². The quantitative estimate of drug-likeness (QED) is 0.650. The Bertz CT molecular complexity index is 1120. The Morgan fingerprint density at radius 3 is 2.68 bits per heavy atom. The lowest BCUT2D eigenvalue weighted by atomic mass is 9.73. The number of hydrogen-bond donors (Lipinski definition) is 2. The Hall–Kier alpha value is -2.70. The molecule has 1 aliphatic carbocycles. The molecular weight excluding hydrogens is 408 g/mol. The van der Waals surface area contributed by atoms with Crippen molar-refractivity contribution < 1.29 is 0 Å². The van der Waals surface area contributed by atoms with E-state index in [0.717, 1.165) is 55.1 Å². The molecule has 1 saturated heterocycles. The number of rotatable bonds is 3. The number of benzene rings is 1. The van der Waals surface area contributed by atoms with Gasteiger partial charge in [0.05, 0.1) is 22.6 Å². The molecule has 3 heterocycles. The van der Waals surface area contributed by atoms with Gasteiger partial charge >= 0.3 is 0 Å². The maximum absolute atomic E-state index is 6.71. The van der Waals surface area contributed by atoms with E-state index in [0.29, 0.717) is 17.3 Å². The molecule has 3 aromatic rings. The zero-order valence-corrected chi connectivity index (χ0v) is 18.4. The highest BCUT2D eigenvalue weighted by molar-refractivity contribution is 6.33. The largest absolute Gasteiger partial charge is 0.382 e. The average Bonchev–Trinajstić information content (AvgIpc) is 3.05. The summed E-state index contributed by atoms with van der Waals surface area (Å²) in [6.07, 6.45) is 7.35. The van der Waals surface area contributed by atoms with Gasteiger partial charge in [-0.2, -0.15) is 0 Å². The first-order valence-electron chi connectivity index (χ1n) is 10.8. The predicted molar refractivity (Wildman–Crippen MR) is 124 cm³/mol. The summed E-state index contributed by atoms with van der Waals surface area (Å²) < 4.78 is 0. The molecule has 1 aliphatic heterocycles. The van der Waals surface area contributed by atoms with Gasteiger partial charge in [-0.1, -0.05) is 35.9 Å². The van der Waals surface area contributed by atoms with Gasteiger partial charge in [0.25, 0.3) is 0 Å². The Labute approximate surface area is 187 Å². The smallest absolute Gasteiger partial charge is 0.147 e. The van der Waals surface area contributed by atoms with Crippen LogP contribution >= 0.6 is 11.6 Å². The van der Waals surface area contributed by atoms with Crippen LogP contribution in [0.3, 0.4) is 0 Å². The minimum absolute atomic E-state index is 0.124. The van der Waals surface area contributed by atoms with Gasteiger partial charge in [0, 0.05) is 31.7 Å². The highest BCUT2D eigenvalue weighted by atomic mass is 35.5. The SMILES string of the molecule is Cc1nc(N2CCC3(CC2)Cc2ccccc2[C@@H]3N)cnc1Cc1ccnc(N)c1Cl. The maximum Gasteiger partial charge on any atom is 0.147 e. The lowest BCUT2D eigenvalue weighted by molar-refractivity contribution is 0.187. The van der Waals surface area contributed by atoms with Crippen LogP contribution in [0.2, 0.25) is 5.02 Å². The fourth-order valence-electron chi connectivity index (χ4n) is 5.13. The van der Waals surface area contributed by atoms with Crippen molar-refractivity contribution in [2.75, 3.05) is 23.7 Å². The van der Waals surface area contributed by atoms with E-state index in [2.05, 4.69) is 34.1 Å². The van der Waals surface area contributed by atoms with Crippen LogP contribution < -0.4 is 16.4 Å². The fourth-order valence-corrected chi connectivity index (χ4v) is 5.30. The van der Waals surface area contributed by atoms with Crippen molar-refractivity contribution in [2.45, 2.75) is 38.6 Å². The molecule has 4 N–H and O–H groups in total. The van der Waals surface area contributed by atoms with Gasteiger partial charge in [-0.25, -0.2) is 9.97 Å². The van der Waals surface area contributed by atoms with Crippen molar-refractivity contribution in [3.8, 4) is 0 Å². The van der Waals surface area contributed by atoms with E-state index in [1.165, 1.54) is 11.1 Å². The minimum Gasteiger partial charge on any atom is -0.382 e. The molecular formula is C24H27ClN6. The summed E-state index contributed by atoms with van der Waals surface area (Å²) in [5.74, 6) is 1.27. The Morgan fingerprint density at radius 1 is 1.16 bits per heavy atom. The third-order valence-electron chi connectivity index (χ3n) is 7.07. The molecule has 0 saturated carbocycles. The van der Waals surface area contributed by atoms with Gasteiger partial charge in [0.15, 0.2) is 0 Å². The van der Waals surface area contributed by atoms with E-state index in [9.17, 15) is 0 Å². The number of hydrogen-bond acceptors (Lipinski definition) is 6. The Kier molecular flexibility index (Phi) is 5.07. The summed E-state index contributed by atoms with van der Waals surface area (Å²) in [7, 11) is 0. The lowest BCUT2D eigenvalue weighted by Crippen LogP contribution is -2.44. The molecule has 0 bridgehead atoms. The molecule has 31 heavy (non-hydrogen) atoms. The highest BCUT2D eigenvalue weighted by Gasteiger charge is 2.45. The van der Waals surface area contributed by atoms with Crippen LogP contribution in [0.15, 0.2) is 42.7 Å². The topological polar surface area (TPSA) is 94.0 Å². The van der Waals surface area contributed by atoms with Crippen LogP contribution in [0.25, 0.3) is 0 Å². The maximum atomic E-state index is 6.71. The summed E-state index contributed by atoms with van der Waals surface area (Å²) in [4.78, 5) is 15.9. The summed E-state index contributed by atoms with van der Waals surface area (Å²) in [6.45, 7) is 3.89. The first-order valence-corrected chi connectivity index (χ1v) is 11.1. The fraction of sp³-hybridized carbons (Fsp3) is 0.375. The van der Waals surface area contributed by atoms with Gasteiger partial charge in [-0.05, 0) is 54.4 Å². The molecule has 2 aromatic heterocycles. The van der Waals surface area contributed by atoms with Gasteiger partial charge in [0.2, 0.25) is 0 Å². The first kappa shape index (κ1) is 20.2. The second-order valence-electron chi connectivity index (χ2n) is 8.81. The summed E-state index contributed by atoms with van der Waals surface area (Å²) >= 11 is 6.30. The van der Waals surface area contributed by atoms with E-state index in [1.54, 1.807) is 6.20 Å². The zero-order valence-electron chi connectivity index (χ0n) is 17.7. The van der Waals surface area contributed by atoms with Crippen molar-refractivity contribution in [3.63, 3.8) is 0 Å². The normalized spacial score (nSPS) is 19.6. The monoisotopic (exact) mass is 434 g/mol. The molecule has 7 heteroatoms. The number of nitrogen functional groups attached to an aromatic ring is 1. The number of halogens is 1. The number of piperidine rings is 1. The van der Waals surface area contributed by atoms with Crippen LogP contribution in [0.4, 0.5) is 11.6 Å². The van der Waals surface area contributed by atoms with Crippen molar-refractivity contribution in [1.29, 1.82) is 0 Å². The molecule has 5 rings (SSSR count). The third-order valence-corrected chi connectivity index (χ3v) is 7.50. The molecule has 6 nitrogen and oxygen atoms in total. The molecule has 0 radical (unpaired) electrons. The summed E-state index contributed by atoms with van der Waals surface area (Å²) in [6, 6.07) is 10.6. The van der Waals surface area contributed by atoms with E-state index in [1.807, 2.05) is 19.2 Å². The molecule has 0 amide bonds. The van der Waals surface area contributed by atoms with E-state index < -0.39 is 0 Å². The van der Waals surface area contributed by atoms with Gasteiger partial charge in [-0.15, -0.1) is 0 Å². The number of aryl methyl sites for hydroxylation is 1. The van der Waals surface area contributed by atoms with Crippen LogP contribution in [0.5, 0.6) is 0 Å². The van der Waals surface area contributed by atoms with Crippen LogP contribution in [-0.4, -0.2) is 28.0 Å². The van der Waals surface area contributed by atoms with Gasteiger partial charge in [0.1, 0.15) is 11.6 Å². The predicted octanol–water partition coefficient (Wildman–Crippen LogP) is 3.85. The molecule has 0 unspecified atom stereocenters. The zero-order chi connectivity index (χ0) is 21.6. The van der Waals surface area contributed by atoms with Crippen molar-refractivity contribution in [2.24, 2.45) is 11.1 Å².